The van der Waals surface area contributed by atoms with Crippen LogP contribution in [0.1, 0.15) is 21.0 Å². The molecule has 1 aromatic heterocycles. The molecule has 0 aliphatic heterocycles. The molecule has 4 N–H and O–H groups in total. The quantitative estimate of drug-likeness (QED) is 0.688. The van der Waals surface area contributed by atoms with Crippen LogP contribution in [0.4, 0.5) is 0 Å². The molecule has 0 saturated heterocycles. The number of likely N-dealkylation sites (N-methyl/N-ethyl adjacent to an activating group) is 1. The third-order valence-corrected chi connectivity index (χ3v) is 3.24. The molecule has 1 aromatic rings. The van der Waals surface area contributed by atoms with Crippen molar-refractivity contribution < 1.29 is 14.4 Å². The van der Waals surface area contributed by atoms with Gasteiger partial charge in [-0.3, -0.25) is 14.4 Å². The van der Waals surface area contributed by atoms with Crippen molar-refractivity contribution in [3.05, 3.63) is 21.9 Å². The molecule has 0 saturated carbocycles. The summed E-state index contributed by atoms with van der Waals surface area (Å²) in [5.74, 6) is -1.48. The van der Waals surface area contributed by atoms with Crippen LogP contribution in [0.5, 0.6) is 0 Å². The normalized spacial score (nSPS) is 11.7. The molecule has 1 atom stereocenters. The lowest BCUT2D eigenvalue weighted by atomic mass is 10.2. The molecule has 0 radical (unpaired) electrons. The van der Waals surface area contributed by atoms with E-state index in [2.05, 4.69) is 10.6 Å². The van der Waals surface area contributed by atoms with Crippen molar-refractivity contribution in [3.63, 3.8) is 0 Å². The van der Waals surface area contributed by atoms with E-state index in [0.29, 0.717) is 4.88 Å². The number of amides is 3. The standard InChI is InChI=1S/C11H15N3O3S/c1-6-3-4-8(18-6)11(17)14-7(5-9(12)15)10(16)13-2/h3-4,7H,5H2,1-2H3,(H2,12,15)(H,13,16)(H,14,17)/t7-/m0/s1. The van der Waals surface area contributed by atoms with Gasteiger partial charge in [0.2, 0.25) is 11.8 Å². The first-order chi connectivity index (χ1) is 8.43. The first-order valence-corrected chi connectivity index (χ1v) is 6.13. The molecular weight excluding hydrogens is 254 g/mol. The van der Waals surface area contributed by atoms with Crippen LogP contribution in [0.2, 0.25) is 0 Å². The number of hydrogen-bond acceptors (Lipinski definition) is 4. The number of primary amides is 1. The van der Waals surface area contributed by atoms with Crippen LogP contribution in [0.3, 0.4) is 0 Å². The minimum absolute atomic E-state index is 0.226. The Morgan fingerprint density at radius 1 is 1.39 bits per heavy atom. The fourth-order valence-corrected chi connectivity index (χ4v) is 2.14. The van der Waals surface area contributed by atoms with Gasteiger partial charge < -0.3 is 16.4 Å². The summed E-state index contributed by atoms with van der Waals surface area (Å²) < 4.78 is 0. The minimum atomic E-state index is -0.942. The Balaban J connectivity index is 2.74. The molecular formula is C11H15N3O3S. The number of aryl methyl sites for hydroxylation is 1. The van der Waals surface area contributed by atoms with E-state index in [4.69, 9.17) is 5.73 Å². The van der Waals surface area contributed by atoms with E-state index in [-0.39, 0.29) is 12.3 Å². The average Bonchev–Trinajstić information content (AvgIpc) is 2.73. The summed E-state index contributed by atoms with van der Waals surface area (Å²) in [7, 11) is 1.43. The molecule has 18 heavy (non-hydrogen) atoms. The van der Waals surface area contributed by atoms with Crippen molar-refractivity contribution in [2.24, 2.45) is 5.73 Å². The van der Waals surface area contributed by atoms with E-state index in [1.807, 2.05) is 13.0 Å². The first kappa shape index (κ1) is 14.2. The summed E-state index contributed by atoms with van der Waals surface area (Å²) in [6, 6.07) is 2.53. The van der Waals surface area contributed by atoms with Crippen molar-refractivity contribution in [2.45, 2.75) is 19.4 Å². The van der Waals surface area contributed by atoms with Crippen molar-refractivity contribution in [1.29, 1.82) is 0 Å². The highest BCUT2D eigenvalue weighted by Gasteiger charge is 2.22. The number of carbonyl (C=O) groups excluding carboxylic acids is 3. The minimum Gasteiger partial charge on any atom is -0.370 e. The van der Waals surface area contributed by atoms with E-state index in [1.54, 1.807) is 6.07 Å². The van der Waals surface area contributed by atoms with Crippen LogP contribution >= 0.6 is 11.3 Å². The van der Waals surface area contributed by atoms with Gasteiger partial charge in [-0.2, -0.15) is 0 Å². The SMILES string of the molecule is CNC(=O)[C@H](CC(N)=O)NC(=O)c1ccc(C)s1. The maximum Gasteiger partial charge on any atom is 0.262 e. The number of hydrogen-bond donors (Lipinski definition) is 3. The van der Waals surface area contributed by atoms with E-state index in [0.717, 1.165) is 4.88 Å². The van der Waals surface area contributed by atoms with E-state index < -0.39 is 17.9 Å². The fourth-order valence-electron chi connectivity index (χ4n) is 1.37. The summed E-state index contributed by atoms with van der Waals surface area (Å²) in [5.41, 5.74) is 5.04. The van der Waals surface area contributed by atoms with Crippen LogP contribution in [-0.4, -0.2) is 30.8 Å². The molecule has 7 heteroatoms. The summed E-state index contributed by atoms with van der Waals surface area (Å²) in [6.45, 7) is 1.88. The third kappa shape index (κ3) is 3.85. The summed E-state index contributed by atoms with van der Waals surface area (Å²) >= 11 is 1.32. The molecule has 0 aromatic carbocycles. The van der Waals surface area contributed by atoms with Gasteiger partial charge in [0, 0.05) is 11.9 Å². The zero-order chi connectivity index (χ0) is 13.7. The Morgan fingerprint density at radius 3 is 2.50 bits per heavy atom. The number of nitrogens with two attached hydrogens (primary N) is 1. The lowest BCUT2D eigenvalue weighted by molar-refractivity contribution is -0.126. The first-order valence-electron chi connectivity index (χ1n) is 5.31. The highest BCUT2D eigenvalue weighted by atomic mass is 32.1. The Hall–Kier alpha value is -1.89. The van der Waals surface area contributed by atoms with Crippen molar-refractivity contribution >= 4 is 29.1 Å². The largest absolute Gasteiger partial charge is 0.370 e. The summed E-state index contributed by atoms with van der Waals surface area (Å²) in [5, 5.41) is 4.86. The average molecular weight is 269 g/mol. The van der Waals surface area contributed by atoms with Crippen molar-refractivity contribution in [1.82, 2.24) is 10.6 Å². The molecule has 98 valence electrons. The monoisotopic (exact) mass is 269 g/mol. The zero-order valence-electron chi connectivity index (χ0n) is 10.1. The highest BCUT2D eigenvalue weighted by Crippen LogP contribution is 2.14. The van der Waals surface area contributed by atoms with E-state index >= 15 is 0 Å². The second kappa shape index (κ2) is 6.15. The Bertz CT molecular complexity index is 470. The molecule has 0 unspecified atom stereocenters. The van der Waals surface area contributed by atoms with Gasteiger partial charge in [0.05, 0.1) is 11.3 Å². The van der Waals surface area contributed by atoms with Gasteiger partial charge in [-0.25, -0.2) is 0 Å². The second-order valence-corrected chi connectivity index (χ2v) is 5.01. The Morgan fingerprint density at radius 2 is 2.06 bits per heavy atom. The molecule has 0 aliphatic rings. The number of thiophene rings is 1. The van der Waals surface area contributed by atoms with Crippen LogP contribution in [0.15, 0.2) is 12.1 Å². The van der Waals surface area contributed by atoms with Gasteiger partial charge in [0.25, 0.3) is 5.91 Å². The van der Waals surface area contributed by atoms with Gasteiger partial charge in [-0.05, 0) is 19.1 Å². The molecule has 0 bridgehead atoms. The molecule has 1 rings (SSSR count). The smallest absolute Gasteiger partial charge is 0.262 e. The molecule has 3 amide bonds. The van der Waals surface area contributed by atoms with Crippen molar-refractivity contribution in [3.8, 4) is 0 Å². The second-order valence-electron chi connectivity index (χ2n) is 3.72. The van der Waals surface area contributed by atoms with Crippen LogP contribution in [0, 0.1) is 6.92 Å². The topological polar surface area (TPSA) is 101 Å². The molecule has 0 aliphatic carbocycles. The lowest BCUT2D eigenvalue weighted by Gasteiger charge is -2.14. The van der Waals surface area contributed by atoms with Gasteiger partial charge in [-0.1, -0.05) is 0 Å². The maximum absolute atomic E-state index is 11.8. The lowest BCUT2D eigenvalue weighted by Crippen LogP contribution is -2.47. The molecule has 6 nitrogen and oxygen atoms in total. The molecule has 0 spiro atoms. The molecule has 0 fully saturated rings. The van der Waals surface area contributed by atoms with Crippen LogP contribution < -0.4 is 16.4 Å². The summed E-state index contributed by atoms with van der Waals surface area (Å²) in [4.78, 5) is 35.7. The van der Waals surface area contributed by atoms with Gasteiger partial charge >= 0.3 is 0 Å². The Labute approximate surface area is 109 Å². The van der Waals surface area contributed by atoms with E-state index in [9.17, 15) is 14.4 Å². The number of nitrogens with one attached hydrogen (secondary N) is 2. The summed E-state index contributed by atoms with van der Waals surface area (Å²) in [6.07, 6.45) is -0.226. The van der Waals surface area contributed by atoms with Crippen molar-refractivity contribution in [2.75, 3.05) is 7.05 Å². The predicted molar refractivity (Wildman–Crippen MR) is 68.2 cm³/mol. The third-order valence-electron chi connectivity index (χ3n) is 2.24. The van der Waals surface area contributed by atoms with Gasteiger partial charge in [0.1, 0.15) is 6.04 Å². The van der Waals surface area contributed by atoms with Gasteiger partial charge in [-0.15, -0.1) is 11.3 Å². The van der Waals surface area contributed by atoms with Crippen LogP contribution in [0.25, 0.3) is 0 Å². The van der Waals surface area contributed by atoms with Crippen LogP contribution in [-0.2, 0) is 9.59 Å². The van der Waals surface area contributed by atoms with Gasteiger partial charge in [0.15, 0.2) is 0 Å². The zero-order valence-corrected chi connectivity index (χ0v) is 11.0. The number of rotatable bonds is 5. The highest BCUT2D eigenvalue weighted by molar-refractivity contribution is 7.13. The fraction of sp³-hybridized carbons (Fsp3) is 0.364. The number of carbonyl (C=O) groups is 3. The predicted octanol–water partition coefficient (Wildman–Crippen LogP) is -0.224. The maximum atomic E-state index is 11.8. The molecule has 1 heterocycles. The van der Waals surface area contributed by atoms with E-state index in [1.165, 1.54) is 18.4 Å². The Kier molecular flexibility index (Phi) is 4.85.